The van der Waals surface area contributed by atoms with Gasteiger partial charge in [0.1, 0.15) is 5.75 Å². The Morgan fingerprint density at radius 1 is 1.27 bits per heavy atom. The number of hydrogen-bond acceptors (Lipinski definition) is 3. The number of hydrogen-bond donors (Lipinski definition) is 2. The minimum Gasteiger partial charge on any atom is -0.495 e. The van der Waals surface area contributed by atoms with Gasteiger partial charge in [-0.25, -0.2) is 0 Å². The lowest BCUT2D eigenvalue weighted by Crippen LogP contribution is -1.93. The Bertz CT molecular complexity index is 240. The van der Waals surface area contributed by atoms with Crippen LogP contribution in [0.1, 0.15) is 0 Å². The topological polar surface area (TPSA) is 61.3 Å². The first kappa shape index (κ1) is 9.91. The van der Waals surface area contributed by atoms with E-state index in [1.165, 1.54) is 0 Å². The number of anilines is 2. The van der Waals surface area contributed by atoms with E-state index in [0.717, 1.165) is 0 Å². The second-order valence-corrected chi connectivity index (χ2v) is 2.00. The summed E-state index contributed by atoms with van der Waals surface area (Å²) in [6.07, 6.45) is 0. The normalized spacial score (nSPS) is 8.45. The molecule has 0 spiro atoms. The zero-order valence-electron chi connectivity index (χ0n) is 6.20. The maximum Gasteiger partial charge on any atom is 0.141 e. The molecule has 0 aliphatic heterocycles. The lowest BCUT2D eigenvalue weighted by atomic mass is 10.2. The molecule has 1 aromatic carbocycles. The van der Waals surface area contributed by atoms with Crippen LogP contribution in [0.4, 0.5) is 11.4 Å². The van der Waals surface area contributed by atoms with Gasteiger partial charge in [0.05, 0.1) is 12.8 Å². The molecule has 0 atom stereocenters. The van der Waals surface area contributed by atoms with E-state index in [4.69, 9.17) is 16.2 Å². The van der Waals surface area contributed by atoms with Gasteiger partial charge in [-0.05, 0) is 18.2 Å². The Balaban J connectivity index is 0.000001000. The molecule has 3 nitrogen and oxygen atoms in total. The van der Waals surface area contributed by atoms with Crippen molar-refractivity contribution in [2.45, 2.75) is 0 Å². The molecule has 0 fully saturated rings. The van der Waals surface area contributed by atoms with E-state index in [1.807, 2.05) is 0 Å². The molecule has 0 saturated carbocycles. The third-order valence-electron chi connectivity index (χ3n) is 1.25. The highest BCUT2D eigenvalue weighted by Gasteiger charge is 1.96. The van der Waals surface area contributed by atoms with Gasteiger partial charge in [0.15, 0.2) is 0 Å². The molecular formula is C7H11ClN2O. The van der Waals surface area contributed by atoms with Crippen LogP contribution in [-0.2, 0) is 0 Å². The first-order valence-corrected chi connectivity index (χ1v) is 2.93. The predicted molar refractivity (Wildman–Crippen MR) is 49.1 cm³/mol. The quantitative estimate of drug-likeness (QED) is 0.631. The maximum atomic E-state index is 5.53. The van der Waals surface area contributed by atoms with Crippen LogP contribution in [0.3, 0.4) is 0 Å². The minimum atomic E-state index is 0. The fraction of sp³-hybridized carbons (Fsp3) is 0.143. The van der Waals surface area contributed by atoms with Crippen molar-refractivity contribution in [2.75, 3.05) is 18.6 Å². The number of rotatable bonds is 1. The van der Waals surface area contributed by atoms with Crippen molar-refractivity contribution in [3.05, 3.63) is 18.2 Å². The molecule has 11 heavy (non-hydrogen) atoms. The second-order valence-electron chi connectivity index (χ2n) is 2.00. The van der Waals surface area contributed by atoms with Crippen molar-refractivity contribution in [3.8, 4) is 5.75 Å². The molecule has 0 heterocycles. The highest BCUT2D eigenvalue weighted by atomic mass is 35.5. The van der Waals surface area contributed by atoms with E-state index in [-0.39, 0.29) is 12.4 Å². The minimum absolute atomic E-state index is 0. The molecule has 0 amide bonds. The summed E-state index contributed by atoms with van der Waals surface area (Å²) in [6.45, 7) is 0. The number of ether oxygens (including phenoxy) is 1. The fourth-order valence-corrected chi connectivity index (χ4v) is 0.753. The van der Waals surface area contributed by atoms with Gasteiger partial charge < -0.3 is 16.2 Å². The van der Waals surface area contributed by atoms with E-state index in [2.05, 4.69) is 0 Å². The van der Waals surface area contributed by atoms with Gasteiger partial charge in [-0.15, -0.1) is 12.4 Å². The summed E-state index contributed by atoms with van der Waals surface area (Å²) >= 11 is 0. The largest absolute Gasteiger partial charge is 0.495 e. The summed E-state index contributed by atoms with van der Waals surface area (Å²) in [4.78, 5) is 0. The molecule has 4 heteroatoms. The Hall–Kier alpha value is -1.09. The van der Waals surface area contributed by atoms with Crippen LogP contribution in [0.15, 0.2) is 18.2 Å². The van der Waals surface area contributed by atoms with Crippen molar-refractivity contribution < 1.29 is 4.74 Å². The van der Waals surface area contributed by atoms with Crippen molar-refractivity contribution in [1.29, 1.82) is 0 Å². The van der Waals surface area contributed by atoms with Crippen LogP contribution in [-0.4, -0.2) is 7.11 Å². The van der Waals surface area contributed by atoms with E-state index in [9.17, 15) is 0 Å². The molecule has 0 radical (unpaired) electrons. The lowest BCUT2D eigenvalue weighted by Gasteiger charge is -2.03. The molecule has 0 aromatic heterocycles. The molecule has 4 N–H and O–H groups in total. The number of methoxy groups -OCH3 is 1. The number of halogens is 1. The van der Waals surface area contributed by atoms with Crippen LogP contribution in [0.2, 0.25) is 0 Å². The van der Waals surface area contributed by atoms with Gasteiger partial charge in [-0.1, -0.05) is 0 Å². The van der Waals surface area contributed by atoms with E-state index in [0.29, 0.717) is 17.1 Å². The highest BCUT2D eigenvalue weighted by Crippen LogP contribution is 2.22. The lowest BCUT2D eigenvalue weighted by molar-refractivity contribution is 0.417. The van der Waals surface area contributed by atoms with Crippen LogP contribution >= 0.6 is 12.4 Å². The number of nitrogen functional groups attached to an aromatic ring is 2. The summed E-state index contributed by atoms with van der Waals surface area (Å²) < 4.78 is 4.92. The maximum absolute atomic E-state index is 5.53. The molecule has 0 bridgehead atoms. The summed E-state index contributed by atoms with van der Waals surface area (Å²) in [5.74, 6) is 0.661. The Morgan fingerprint density at radius 3 is 2.36 bits per heavy atom. The van der Waals surface area contributed by atoms with Crippen LogP contribution < -0.4 is 16.2 Å². The smallest absolute Gasteiger partial charge is 0.141 e. The molecule has 0 saturated heterocycles. The molecule has 0 aliphatic rings. The summed E-state index contributed by atoms with van der Waals surface area (Å²) in [6, 6.07) is 5.15. The second kappa shape index (κ2) is 3.93. The zero-order valence-corrected chi connectivity index (χ0v) is 7.02. The highest BCUT2D eigenvalue weighted by molar-refractivity contribution is 5.85. The molecular weight excluding hydrogens is 164 g/mol. The van der Waals surface area contributed by atoms with E-state index >= 15 is 0 Å². The molecule has 1 aromatic rings. The third-order valence-corrected chi connectivity index (χ3v) is 1.25. The molecule has 0 unspecified atom stereocenters. The number of benzene rings is 1. The van der Waals surface area contributed by atoms with Crippen LogP contribution in [0.25, 0.3) is 0 Å². The summed E-state index contributed by atoms with van der Waals surface area (Å²) in [5.41, 5.74) is 12.2. The molecule has 62 valence electrons. The van der Waals surface area contributed by atoms with Gasteiger partial charge in [0.2, 0.25) is 0 Å². The predicted octanol–water partition coefficient (Wildman–Crippen LogP) is 1.28. The SMILES string of the molecule is COc1ccc(N)cc1N.Cl. The third kappa shape index (κ3) is 2.20. The average molecular weight is 175 g/mol. The van der Waals surface area contributed by atoms with E-state index < -0.39 is 0 Å². The van der Waals surface area contributed by atoms with Gasteiger partial charge in [0.25, 0.3) is 0 Å². The standard InChI is InChI=1S/C7H10N2O.ClH/c1-10-7-3-2-5(8)4-6(7)9;/h2-4H,8-9H2,1H3;1H. The van der Waals surface area contributed by atoms with Crippen molar-refractivity contribution in [1.82, 2.24) is 0 Å². The van der Waals surface area contributed by atoms with Crippen molar-refractivity contribution in [2.24, 2.45) is 0 Å². The van der Waals surface area contributed by atoms with Gasteiger partial charge in [-0.2, -0.15) is 0 Å². The Kier molecular flexibility index (Phi) is 3.54. The van der Waals surface area contributed by atoms with E-state index in [1.54, 1.807) is 25.3 Å². The Morgan fingerprint density at radius 2 is 1.91 bits per heavy atom. The molecule has 0 aliphatic carbocycles. The first-order chi connectivity index (χ1) is 4.74. The van der Waals surface area contributed by atoms with Gasteiger partial charge >= 0.3 is 0 Å². The van der Waals surface area contributed by atoms with Crippen LogP contribution in [0.5, 0.6) is 5.75 Å². The van der Waals surface area contributed by atoms with Gasteiger partial charge in [-0.3, -0.25) is 0 Å². The van der Waals surface area contributed by atoms with Crippen LogP contribution in [0, 0.1) is 0 Å². The first-order valence-electron chi connectivity index (χ1n) is 2.93. The Labute approximate surface area is 71.7 Å². The monoisotopic (exact) mass is 174 g/mol. The zero-order chi connectivity index (χ0) is 7.56. The van der Waals surface area contributed by atoms with Gasteiger partial charge in [0, 0.05) is 5.69 Å². The van der Waals surface area contributed by atoms with Crippen molar-refractivity contribution >= 4 is 23.8 Å². The van der Waals surface area contributed by atoms with Crippen molar-refractivity contribution in [3.63, 3.8) is 0 Å². The fourth-order valence-electron chi connectivity index (χ4n) is 0.753. The summed E-state index contributed by atoms with van der Waals surface area (Å²) in [5, 5.41) is 0. The summed E-state index contributed by atoms with van der Waals surface area (Å²) in [7, 11) is 1.57. The molecule has 1 rings (SSSR count). The average Bonchev–Trinajstić information content (AvgIpc) is 1.88. The number of nitrogens with two attached hydrogens (primary N) is 2.